The molecule has 4 rings (SSSR count). The SMILES string of the molecule is CCCCN1C(=O)S/C(=C\c2cn(CC(=O)N3CCCC[C@H]3C)c3ccccc23)C1=O. The van der Waals surface area contributed by atoms with Crippen LogP contribution in [0.5, 0.6) is 0 Å². The minimum absolute atomic E-state index is 0.124. The van der Waals surface area contributed by atoms with Crippen LogP contribution in [-0.2, 0) is 16.1 Å². The highest BCUT2D eigenvalue weighted by Crippen LogP contribution is 2.34. The Labute approximate surface area is 187 Å². The van der Waals surface area contributed by atoms with Gasteiger partial charge in [-0.15, -0.1) is 0 Å². The number of rotatable bonds is 6. The molecule has 1 aromatic heterocycles. The highest BCUT2D eigenvalue weighted by atomic mass is 32.2. The van der Waals surface area contributed by atoms with E-state index in [1.165, 1.54) is 11.3 Å². The van der Waals surface area contributed by atoms with Gasteiger partial charge >= 0.3 is 0 Å². The second-order valence-corrected chi connectivity index (χ2v) is 9.34. The minimum Gasteiger partial charge on any atom is -0.338 e. The summed E-state index contributed by atoms with van der Waals surface area (Å²) in [6.07, 6.45) is 8.74. The molecule has 2 aliphatic rings. The number of piperidine rings is 1. The van der Waals surface area contributed by atoms with Gasteiger partial charge in [-0.25, -0.2) is 0 Å². The highest BCUT2D eigenvalue weighted by molar-refractivity contribution is 8.18. The lowest BCUT2D eigenvalue weighted by atomic mass is 10.0. The Balaban J connectivity index is 1.61. The fraction of sp³-hybridized carbons (Fsp3) is 0.458. The molecular weight excluding hydrogens is 410 g/mol. The summed E-state index contributed by atoms with van der Waals surface area (Å²) in [6, 6.07) is 8.16. The Morgan fingerprint density at radius 2 is 2.03 bits per heavy atom. The number of amides is 3. The van der Waals surface area contributed by atoms with E-state index in [0.29, 0.717) is 11.4 Å². The van der Waals surface area contributed by atoms with Gasteiger partial charge in [0.1, 0.15) is 6.54 Å². The first kappa shape index (κ1) is 21.7. The molecule has 3 amide bonds. The van der Waals surface area contributed by atoms with Crippen LogP contribution in [0, 0.1) is 0 Å². The number of aromatic nitrogens is 1. The lowest BCUT2D eigenvalue weighted by Crippen LogP contribution is -2.43. The molecule has 0 bridgehead atoms. The van der Waals surface area contributed by atoms with Gasteiger partial charge in [-0.05, 0) is 56.5 Å². The quantitative estimate of drug-likeness (QED) is 0.602. The number of thioether (sulfide) groups is 1. The van der Waals surface area contributed by atoms with Crippen molar-refractivity contribution in [1.82, 2.24) is 14.4 Å². The molecule has 1 atom stereocenters. The zero-order valence-electron chi connectivity index (χ0n) is 18.2. The molecule has 164 valence electrons. The third-order valence-electron chi connectivity index (χ3n) is 6.14. The van der Waals surface area contributed by atoms with E-state index in [2.05, 4.69) is 6.92 Å². The van der Waals surface area contributed by atoms with Crippen LogP contribution in [0.25, 0.3) is 17.0 Å². The van der Waals surface area contributed by atoms with Gasteiger partial charge in [-0.3, -0.25) is 19.3 Å². The van der Waals surface area contributed by atoms with Crippen molar-refractivity contribution in [2.75, 3.05) is 13.1 Å². The molecule has 0 radical (unpaired) electrons. The third kappa shape index (κ3) is 4.42. The molecule has 7 heteroatoms. The van der Waals surface area contributed by atoms with E-state index in [0.717, 1.165) is 60.5 Å². The Morgan fingerprint density at radius 3 is 2.81 bits per heavy atom. The summed E-state index contributed by atoms with van der Waals surface area (Å²) in [5.41, 5.74) is 1.81. The number of carbonyl (C=O) groups is 3. The second-order valence-electron chi connectivity index (χ2n) is 8.35. The highest BCUT2D eigenvalue weighted by Gasteiger charge is 2.34. The molecule has 0 spiro atoms. The summed E-state index contributed by atoms with van der Waals surface area (Å²) < 4.78 is 1.96. The first-order chi connectivity index (χ1) is 15.0. The van der Waals surface area contributed by atoms with E-state index < -0.39 is 0 Å². The van der Waals surface area contributed by atoms with Crippen LogP contribution in [0.2, 0.25) is 0 Å². The van der Waals surface area contributed by atoms with Crippen molar-refractivity contribution in [3.05, 3.63) is 40.9 Å². The number of hydrogen-bond donors (Lipinski definition) is 0. The maximum atomic E-state index is 13.0. The number of benzene rings is 1. The Bertz CT molecular complexity index is 1040. The smallest absolute Gasteiger partial charge is 0.293 e. The summed E-state index contributed by atoms with van der Waals surface area (Å²) in [4.78, 5) is 41.8. The number of carbonyl (C=O) groups excluding carboxylic acids is 3. The van der Waals surface area contributed by atoms with Gasteiger partial charge in [0, 0.05) is 41.8 Å². The molecular formula is C24H29N3O3S. The van der Waals surface area contributed by atoms with Crippen LogP contribution in [-0.4, -0.2) is 50.6 Å². The van der Waals surface area contributed by atoms with E-state index in [-0.39, 0.29) is 29.6 Å². The van der Waals surface area contributed by atoms with Gasteiger partial charge in [0.2, 0.25) is 5.91 Å². The van der Waals surface area contributed by atoms with Crippen molar-refractivity contribution >= 4 is 45.8 Å². The maximum absolute atomic E-state index is 13.0. The number of hydrogen-bond acceptors (Lipinski definition) is 4. The Hall–Kier alpha value is -2.54. The fourth-order valence-electron chi connectivity index (χ4n) is 4.38. The summed E-state index contributed by atoms with van der Waals surface area (Å²) in [5.74, 6) is -0.0992. The van der Waals surface area contributed by atoms with Crippen molar-refractivity contribution < 1.29 is 14.4 Å². The first-order valence-electron chi connectivity index (χ1n) is 11.1. The molecule has 6 nitrogen and oxygen atoms in total. The molecule has 2 saturated heterocycles. The van der Waals surface area contributed by atoms with E-state index in [9.17, 15) is 14.4 Å². The Kier molecular flexibility index (Phi) is 6.51. The van der Waals surface area contributed by atoms with Gasteiger partial charge in [-0.2, -0.15) is 0 Å². The molecule has 0 aliphatic carbocycles. The van der Waals surface area contributed by atoms with Crippen LogP contribution < -0.4 is 0 Å². The number of nitrogens with zero attached hydrogens (tertiary/aromatic N) is 3. The summed E-state index contributed by atoms with van der Waals surface area (Å²) in [7, 11) is 0. The van der Waals surface area contributed by atoms with Gasteiger partial charge in [0.15, 0.2) is 0 Å². The molecule has 0 saturated carbocycles. The maximum Gasteiger partial charge on any atom is 0.293 e. The zero-order valence-corrected chi connectivity index (χ0v) is 19.0. The molecule has 31 heavy (non-hydrogen) atoms. The van der Waals surface area contributed by atoms with Crippen LogP contribution in [0.15, 0.2) is 35.4 Å². The first-order valence-corrected chi connectivity index (χ1v) is 11.9. The predicted octanol–water partition coefficient (Wildman–Crippen LogP) is 4.88. The normalized spacial score (nSPS) is 21.0. The lowest BCUT2D eigenvalue weighted by molar-refractivity contribution is -0.135. The zero-order chi connectivity index (χ0) is 22.0. The largest absolute Gasteiger partial charge is 0.338 e. The number of imide groups is 1. The van der Waals surface area contributed by atoms with E-state index in [1.54, 1.807) is 6.08 Å². The monoisotopic (exact) mass is 439 g/mol. The van der Waals surface area contributed by atoms with Crippen LogP contribution in [0.3, 0.4) is 0 Å². The number of likely N-dealkylation sites (tertiary alicyclic amines) is 1. The molecule has 1 aromatic carbocycles. The number of para-hydroxylation sites is 1. The van der Waals surface area contributed by atoms with E-state index >= 15 is 0 Å². The molecule has 3 heterocycles. The predicted molar refractivity (Wildman–Crippen MR) is 125 cm³/mol. The second kappa shape index (κ2) is 9.30. The van der Waals surface area contributed by atoms with Crippen LogP contribution in [0.1, 0.15) is 51.5 Å². The van der Waals surface area contributed by atoms with Gasteiger partial charge < -0.3 is 9.47 Å². The van der Waals surface area contributed by atoms with Crippen molar-refractivity contribution in [1.29, 1.82) is 0 Å². The molecule has 2 aromatic rings. The van der Waals surface area contributed by atoms with Crippen LogP contribution >= 0.6 is 11.8 Å². The van der Waals surface area contributed by atoms with Crippen molar-refractivity contribution in [2.24, 2.45) is 0 Å². The summed E-state index contributed by atoms with van der Waals surface area (Å²) in [5, 5.41) is 0.769. The lowest BCUT2D eigenvalue weighted by Gasteiger charge is -2.33. The summed E-state index contributed by atoms with van der Waals surface area (Å²) >= 11 is 0.996. The van der Waals surface area contributed by atoms with E-state index in [1.807, 2.05) is 46.9 Å². The van der Waals surface area contributed by atoms with Gasteiger partial charge in [0.05, 0.1) is 4.91 Å². The molecule has 2 fully saturated rings. The molecule has 0 N–H and O–H groups in total. The van der Waals surface area contributed by atoms with Gasteiger partial charge in [-0.1, -0.05) is 31.5 Å². The van der Waals surface area contributed by atoms with Crippen molar-refractivity contribution in [2.45, 2.75) is 58.5 Å². The average molecular weight is 440 g/mol. The van der Waals surface area contributed by atoms with Crippen LogP contribution in [0.4, 0.5) is 4.79 Å². The summed E-state index contributed by atoms with van der Waals surface area (Å²) in [6.45, 7) is 5.71. The van der Waals surface area contributed by atoms with Crippen molar-refractivity contribution in [3.63, 3.8) is 0 Å². The standard InChI is InChI=1S/C24H29N3O3S/c1-3-4-12-27-23(29)21(31-24(27)30)14-18-15-25(20-11-6-5-10-19(18)20)16-22(28)26-13-8-7-9-17(26)2/h5-6,10-11,14-15,17H,3-4,7-9,12-13,16H2,1-2H3/b21-14-/t17-/m1/s1. The molecule has 0 unspecified atom stereocenters. The Morgan fingerprint density at radius 1 is 1.23 bits per heavy atom. The number of fused-ring (bicyclic) bond motifs is 1. The van der Waals surface area contributed by atoms with E-state index in [4.69, 9.17) is 0 Å². The van der Waals surface area contributed by atoms with Gasteiger partial charge in [0.25, 0.3) is 11.1 Å². The topological polar surface area (TPSA) is 62.6 Å². The third-order valence-corrected chi connectivity index (χ3v) is 7.05. The number of unbranched alkanes of at least 4 members (excludes halogenated alkanes) is 1. The average Bonchev–Trinajstić information content (AvgIpc) is 3.24. The van der Waals surface area contributed by atoms with Crippen molar-refractivity contribution in [3.8, 4) is 0 Å². The minimum atomic E-state index is -0.224. The fourth-order valence-corrected chi connectivity index (χ4v) is 5.23. The molecule has 2 aliphatic heterocycles.